The molecule has 112 valence electrons. The molecule has 0 spiro atoms. The molecule has 2 N–H and O–H groups in total. The van der Waals surface area contributed by atoms with Gasteiger partial charge in [0.2, 0.25) is 5.91 Å². The lowest BCUT2D eigenvalue weighted by Crippen LogP contribution is -2.17. The molecule has 0 saturated carbocycles. The van der Waals surface area contributed by atoms with Crippen LogP contribution in [0.5, 0.6) is 0 Å². The summed E-state index contributed by atoms with van der Waals surface area (Å²) in [6.07, 6.45) is 1.51. The molecule has 2 rings (SSSR count). The van der Waals surface area contributed by atoms with E-state index in [-0.39, 0.29) is 11.8 Å². The Morgan fingerprint density at radius 2 is 1.86 bits per heavy atom. The maximum absolute atomic E-state index is 11.8. The Labute approximate surface area is 133 Å². The van der Waals surface area contributed by atoms with Gasteiger partial charge in [-0.15, -0.1) is 0 Å². The highest BCUT2D eigenvalue weighted by atomic mass is 35.5. The van der Waals surface area contributed by atoms with E-state index in [2.05, 4.69) is 15.8 Å². The molecule has 0 radical (unpaired) electrons. The molecular weight excluding hydrogens is 302 g/mol. The zero-order valence-electron chi connectivity index (χ0n) is 11.8. The van der Waals surface area contributed by atoms with E-state index >= 15 is 0 Å². The largest absolute Gasteiger partial charge is 0.326 e. The van der Waals surface area contributed by atoms with Gasteiger partial charge in [-0.25, -0.2) is 5.43 Å². The van der Waals surface area contributed by atoms with Crippen molar-refractivity contribution in [2.75, 3.05) is 5.32 Å². The summed E-state index contributed by atoms with van der Waals surface area (Å²) in [5.74, 6) is -0.469. The fraction of sp³-hybridized carbons (Fsp3) is 0.0625. The van der Waals surface area contributed by atoms with Crippen LogP contribution in [0.3, 0.4) is 0 Å². The summed E-state index contributed by atoms with van der Waals surface area (Å²) < 4.78 is 0. The molecule has 5 nitrogen and oxygen atoms in total. The van der Waals surface area contributed by atoms with Gasteiger partial charge in [0.25, 0.3) is 5.91 Å². The number of nitrogens with zero attached hydrogens (tertiary/aromatic N) is 1. The van der Waals surface area contributed by atoms with Crippen LogP contribution in [0.2, 0.25) is 5.02 Å². The molecule has 0 heterocycles. The summed E-state index contributed by atoms with van der Waals surface area (Å²) in [4.78, 5) is 22.7. The number of carbonyl (C=O) groups excluding carboxylic acids is 2. The number of rotatable bonds is 4. The van der Waals surface area contributed by atoms with E-state index in [1.165, 1.54) is 13.1 Å². The van der Waals surface area contributed by atoms with Crippen molar-refractivity contribution >= 4 is 35.3 Å². The first kappa shape index (κ1) is 15.7. The van der Waals surface area contributed by atoms with Gasteiger partial charge in [0, 0.05) is 23.2 Å². The molecule has 6 heteroatoms. The SMILES string of the molecule is CC(=O)Nc1ccc(/C=N\NC(=O)c2cccc(Cl)c2)cc1. The Hall–Kier alpha value is -2.66. The highest BCUT2D eigenvalue weighted by Gasteiger charge is 2.03. The predicted molar refractivity (Wildman–Crippen MR) is 87.3 cm³/mol. The van der Waals surface area contributed by atoms with Crippen molar-refractivity contribution in [1.29, 1.82) is 0 Å². The number of hydrogen-bond acceptors (Lipinski definition) is 3. The minimum absolute atomic E-state index is 0.129. The van der Waals surface area contributed by atoms with Crippen LogP contribution in [0.1, 0.15) is 22.8 Å². The van der Waals surface area contributed by atoms with E-state index in [9.17, 15) is 9.59 Å². The van der Waals surface area contributed by atoms with E-state index in [0.29, 0.717) is 16.3 Å². The molecule has 0 fully saturated rings. The van der Waals surface area contributed by atoms with Gasteiger partial charge < -0.3 is 5.32 Å². The number of benzene rings is 2. The number of hydrogen-bond donors (Lipinski definition) is 2. The third kappa shape index (κ3) is 4.71. The Morgan fingerprint density at radius 3 is 2.50 bits per heavy atom. The van der Waals surface area contributed by atoms with Crippen molar-refractivity contribution in [2.45, 2.75) is 6.92 Å². The van der Waals surface area contributed by atoms with Gasteiger partial charge in [0.15, 0.2) is 0 Å². The lowest BCUT2D eigenvalue weighted by Gasteiger charge is -2.02. The Kier molecular flexibility index (Phi) is 5.27. The summed E-state index contributed by atoms with van der Waals surface area (Å²) >= 11 is 5.82. The molecule has 22 heavy (non-hydrogen) atoms. The van der Waals surface area contributed by atoms with Crippen LogP contribution in [0.4, 0.5) is 5.69 Å². The zero-order chi connectivity index (χ0) is 15.9. The summed E-state index contributed by atoms with van der Waals surface area (Å²) in [6, 6.07) is 13.7. The topological polar surface area (TPSA) is 70.6 Å². The van der Waals surface area contributed by atoms with E-state index in [1.54, 1.807) is 48.5 Å². The van der Waals surface area contributed by atoms with E-state index < -0.39 is 0 Å². The van der Waals surface area contributed by atoms with Gasteiger partial charge in [0.1, 0.15) is 0 Å². The third-order valence-corrected chi connectivity index (χ3v) is 2.93. The average molecular weight is 316 g/mol. The van der Waals surface area contributed by atoms with Crippen molar-refractivity contribution in [3.8, 4) is 0 Å². The number of anilines is 1. The molecule has 0 saturated heterocycles. The highest BCUT2D eigenvalue weighted by Crippen LogP contribution is 2.10. The number of amides is 2. The Bertz CT molecular complexity index is 712. The first-order valence-electron chi connectivity index (χ1n) is 6.51. The minimum atomic E-state index is -0.339. The first-order valence-corrected chi connectivity index (χ1v) is 6.89. The molecule has 0 aliphatic carbocycles. The summed E-state index contributed by atoms with van der Waals surface area (Å²) in [7, 11) is 0. The average Bonchev–Trinajstić information content (AvgIpc) is 2.48. The van der Waals surface area contributed by atoms with Gasteiger partial charge in [-0.2, -0.15) is 5.10 Å². The van der Waals surface area contributed by atoms with Gasteiger partial charge in [-0.05, 0) is 35.9 Å². The number of hydrazone groups is 1. The van der Waals surface area contributed by atoms with Gasteiger partial charge in [-0.1, -0.05) is 29.8 Å². The lowest BCUT2D eigenvalue weighted by molar-refractivity contribution is -0.114. The fourth-order valence-electron chi connectivity index (χ4n) is 1.72. The van der Waals surface area contributed by atoms with Crippen molar-refractivity contribution in [3.05, 3.63) is 64.7 Å². The standard InChI is InChI=1S/C16H14ClN3O2/c1-11(21)19-15-7-5-12(6-8-15)10-18-20-16(22)13-3-2-4-14(17)9-13/h2-10H,1H3,(H,19,21)(H,20,22)/b18-10-. The molecule has 0 aliphatic heterocycles. The summed E-state index contributed by atoms with van der Waals surface area (Å²) in [5, 5.41) is 7.04. The maximum Gasteiger partial charge on any atom is 0.271 e. The number of nitrogens with one attached hydrogen (secondary N) is 2. The van der Waals surface area contributed by atoms with Crippen LogP contribution in [0.25, 0.3) is 0 Å². The van der Waals surface area contributed by atoms with Crippen LogP contribution in [-0.2, 0) is 4.79 Å². The number of halogens is 1. The molecule has 0 unspecified atom stereocenters. The normalized spacial score (nSPS) is 10.5. The zero-order valence-corrected chi connectivity index (χ0v) is 12.6. The Balaban J connectivity index is 1.94. The van der Waals surface area contributed by atoms with Crippen molar-refractivity contribution in [2.24, 2.45) is 5.10 Å². The van der Waals surface area contributed by atoms with Crippen LogP contribution in [0.15, 0.2) is 53.6 Å². The van der Waals surface area contributed by atoms with Crippen molar-refractivity contribution in [1.82, 2.24) is 5.43 Å². The Morgan fingerprint density at radius 1 is 1.14 bits per heavy atom. The van der Waals surface area contributed by atoms with Crippen molar-refractivity contribution in [3.63, 3.8) is 0 Å². The smallest absolute Gasteiger partial charge is 0.271 e. The molecular formula is C16H14ClN3O2. The quantitative estimate of drug-likeness (QED) is 0.672. The second-order valence-corrected chi connectivity index (χ2v) is 4.95. The second-order valence-electron chi connectivity index (χ2n) is 4.51. The van der Waals surface area contributed by atoms with Gasteiger partial charge in [0.05, 0.1) is 6.21 Å². The highest BCUT2D eigenvalue weighted by molar-refractivity contribution is 6.30. The molecule has 0 aromatic heterocycles. The molecule has 2 amide bonds. The molecule has 0 bridgehead atoms. The molecule has 0 atom stereocenters. The van der Waals surface area contributed by atoms with Crippen LogP contribution in [-0.4, -0.2) is 18.0 Å². The van der Waals surface area contributed by atoms with Crippen molar-refractivity contribution < 1.29 is 9.59 Å². The van der Waals surface area contributed by atoms with E-state index in [1.807, 2.05) is 0 Å². The third-order valence-electron chi connectivity index (χ3n) is 2.70. The van der Waals surface area contributed by atoms with Crippen LogP contribution in [0, 0.1) is 0 Å². The minimum Gasteiger partial charge on any atom is -0.326 e. The first-order chi connectivity index (χ1) is 10.5. The number of carbonyl (C=O) groups is 2. The fourth-order valence-corrected chi connectivity index (χ4v) is 1.91. The second kappa shape index (κ2) is 7.38. The summed E-state index contributed by atoms with van der Waals surface area (Å²) in [5.41, 5.74) is 4.35. The van der Waals surface area contributed by atoms with E-state index in [0.717, 1.165) is 5.56 Å². The summed E-state index contributed by atoms with van der Waals surface area (Å²) in [6.45, 7) is 1.45. The monoisotopic (exact) mass is 315 g/mol. The van der Waals surface area contributed by atoms with Gasteiger partial charge in [-0.3, -0.25) is 9.59 Å². The maximum atomic E-state index is 11.8. The lowest BCUT2D eigenvalue weighted by atomic mass is 10.2. The van der Waals surface area contributed by atoms with Gasteiger partial charge >= 0.3 is 0 Å². The molecule has 2 aromatic rings. The van der Waals surface area contributed by atoms with Crippen LogP contribution < -0.4 is 10.7 Å². The van der Waals surface area contributed by atoms with E-state index in [4.69, 9.17) is 11.6 Å². The van der Waals surface area contributed by atoms with Crippen LogP contribution >= 0.6 is 11.6 Å². The molecule has 2 aromatic carbocycles. The predicted octanol–water partition coefficient (Wildman–Crippen LogP) is 3.06. The molecule has 0 aliphatic rings.